The summed E-state index contributed by atoms with van der Waals surface area (Å²) >= 11 is 0. The van der Waals surface area contributed by atoms with E-state index < -0.39 is 33.6 Å². The van der Waals surface area contributed by atoms with E-state index in [-0.39, 0.29) is 58.7 Å². The molecule has 2 aromatic carbocycles. The van der Waals surface area contributed by atoms with E-state index in [1.807, 2.05) is 0 Å². The van der Waals surface area contributed by atoms with Gasteiger partial charge in [-0.1, -0.05) is 0 Å². The van der Waals surface area contributed by atoms with Crippen molar-refractivity contribution in [2.75, 3.05) is 41.7 Å². The average molecular weight is 492 g/mol. The molecule has 0 aromatic heterocycles. The minimum absolute atomic E-state index is 0.0666. The van der Waals surface area contributed by atoms with Gasteiger partial charge in [-0.15, -0.1) is 0 Å². The van der Waals surface area contributed by atoms with Gasteiger partial charge in [-0.05, 0) is 12.1 Å². The Morgan fingerprint density at radius 1 is 0.829 bits per heavy atom. The molecule has 13 heteroatoms. The van der Waals surface area contributed by atoms with E-state index >= 15 is 0 Å². The van der Waals surface area contributed by atoms with Crippen LogP contribution in [0.25, 0.3) is 0 Å². The molecule has 1 N–H and O–H groups in total. The molecule has 0 amide bonds. The molecule has 2 saturated heterocycles. The number of hydrogen-bond acceptors (Lipinski definition) is 11. The van der Waals surface area contributed by atoms with Crippen LogP contribution < -0.4 is 18.9 Å². The molecule has 35 heavy (non-hydrogen) atoms. The van der Waals surface area contributed by atoms with Crippen molar-refractivity contribution in [3.05, 3.63) is 55.6 Å². The number of rotatable bonds is 8. The summed E-state index contributed by atoms with van der Waals surface area (Å²) in [5, 5.41) is 35.3. The third kappa shape index (κ3) is 3.87. The highest BCUT2D eigenvalue weighted by atomic mass is 16.6. The zero-order valence-corrected chi connectivity index (χ0v) is 19.4. The van der Waals surface area contributed by atoms with Gasteiger partial charge in [0, 0.05) is 5.92 Å². The van der Waals surface area contributed by atoms with Gasteiger partial charge < -0.3 is 33.5 Å². The van der Waals surface area contributed by atoms with Gasteiger partial charge in [0.15, 0.2) is 23.0 Å². The second-order valence-corrected chi connectivity index (χ2v) is 8.09. The number of benzene rings is 2. The van der Waals surface area contributed by atoms with Crippen LogP contribution in [0.1, 0.15) is 23.3 Å². The van der Waals surface area contributed by atoms with E-state index in [0.717, 1.165) is 0 Å². The molecule has 13 nitrogen and oxygen atoms in total. The van der Waals surface area contributed by atoms with Gasteiger partial charge in [-0.3, -0.25) is 20.2 Å². The fraction of sp³-hybridized carbons (Fsp3) is 0.455. The van der Waals surface area contributed by atoms with Crippen molar-refractivity contribution in [3.63, 3.8) is 0 Å². The first kappa shape index (κ1) is 24.4. The zero-order chi connectivity index (χ0) is 25.5. The Bertz CT molecular complexity index is 1170. The number of fused-ring (bicyclic) bond motifs is 1. The molecular weight excluding hydrogens is 468 g/mol. The van der Waals surface area contributed by atoms with E-state index in [4.69, 9.17) is 28.4 Å². The molecule has 2 heterocycles. The molecule has 0 radical (unpaired) electrons. The highest BCUT2D eigenvalue weighted by Gasteiger charge is 2.61. The van der Waals surface area contributed by atoms with Gasteiger partial charge in [0.05, 0.1) is 80.9 Å². The molecule has 0 saturated carbocycles. The fourth-order valence-electron chi connectivity index (χ4n) is 4.74. The van der Waals surface area contributed by atoms with Crippen LogP contribution in [-0.2, 0) is 9.47 Å². The zero-order valence-electron chi connectivity index (χ0n) is 19.4. The molecule has 0 bridgehead atoms. The summed E-state index contributed by atoms with van der Waals surface area (Å²) in [5.41, 5.74) is -2.08. The predicted octanol–water partition coefficient (Wildman–Crippen LogP) is 2.73. The molecular formula is C22H24N2O11. The second kappa shape index (κ2) is 9.17. The topological polar surface area (TPSA) is 162 Å². The van der Waals surface area contributed by atoms with Crippen LogP contribution in [0, 0.1) is 26.1 Å². The average Bonchev–Trinajstić information content (AvgIpc) is 3.36. The number of ether oxygens (including phenoxy) is 6. The molecule has 0 spiro atoms. The Balaban J connectivity index is 1.78. The van der Waals surface area contributed by atoms with Crippen LogP contribution in [0.2, 0.25) is 0 Å². The highest BCUT2D eigenvalue weighted by Crippen LogP contribution is 2.56. The van der Waals surface area contributed by atoms with Crippen LogP contribution in [0.3, 0.4) is 0 Å². The molecule has 2 aliphatic rings. The lowest BCUT2D eigenvalue weighted by atomic mass is 9.80. The lowest BCUT2D eigenvalue weighted by Gasteiger charge is -2.27. The van der Waals surface area contributed by atoms with Crippen molar-refractivity contribution < 1.29 is 43.4 Å². The number of methoxy groups -OCH3 is 4. The number of nitrogens with zero attached hydrogens (tertiary/aromatic N) is 2. The number of nitro groups is 2. The smallest absolute Gasteiger partial charge is 0.279 e. The van der Waals surface area contributed by atoms with E-state index in [1.54, 1.807) is 0 Å². The number of aliphatic hydroxyl groups is 1. The minimum Gasteiger partial charge on any atom is -0.493 e. The minimum atomic E-state index is -1.71. The van der Waals surface area contributed by atoms with Crippen molar-refractivity contribution in [1.29, 1.82) is 0 Å². The summed E-state index contributed by atoms with van der Waals surface area (Å²) in [7, 11) is 5.48. The van der Waals surface area contributed by atoms with Crippen LogP contribution in [0.5, 0.6) is 23.0 Å². The maximum Gasteiger partial charge on any atom is 0.279 e. The number of nitro benzene ring substituents is 2. The molecule has 0 unspecified atom stereocenters. The summed E-state index contributed by atoms with van der Waals surface area (Å²) in [5.74, 6) is 0.00794. The van der Waals surface area contributed by atoms with E-state index in [0.29, 0.717) is 0 Å². The third-order valence-corrected chi connectivity index (χ3v) is 6.45. The van der Waals surface area contributed by atoms with Crippen molar-refractivity contribution in [2.24, 2.45) is 5.92 Å². The van der Waals surface area contributed by atoms with Crippen LogP contribution in [-0.4, -0.2) is 62.2 Å². The number of hydrogen-bond donors (Lipinski definition) is 1. The summed E-state index contributed by atoms with van der Waals surface area (Å²) in [6.07, 6.45) is -2.10. The van der Waals surface area contributed by atoms with Gasteiger partial charge in [0.2, 0.25) is 0 Å². The van der Waals surface area contributed by atoms with Gasteiger partial charge in [0.25, 0.3) is 11.4 Å². The molecule has 2 aromatic rings. The molecule has 0 aliphatic carbocycles. The summed E-state index contributed by atoms with van der Waals surface area (Å²) < 4.78 is 32.6. The van der Waals surface area contributed by atoms with Crippen LogP contribution in [0.4, 0.5) is 11.4 Å². The van der Waals surface area contributed by atoms with Crippen LogP contribution in [0.15, 0.2) is 24.3 Å². The lowest BCUT2D eigenvalue weighted by molar-refractivity contribution is -0.386. The molecule has 2 aliphatic heterocycles. The Morgan fingerprint density at radius 2 is 1.29 bits per heavy atom. The monoisotopic (exact) mass is 492 g/mol. The van der Waals surface area contributed by atoms with E-state index in [9.17, 15) is 25.3 Å². The van der Waals surface area contributed by atoms with Crippen molar-refractivity contribution in [1.82, 2.24) is 0 Å². The summed E-state index contributed by atoms with van der Waals surface area (Å²) in [6.45, 7) is -0.340. The summed E-state index contributed by atoms with van der Waals surface area (Å²) in [6, 6.07) is 5.23. The largest absolute Gasteiger partial charge is 0.493 e. The summed E-state index contributed by atoms with van der Waals surface area (Å²) in [4.78, 5) is 22.4. The Kier molecular flexibility index (Phi) is 6.40. The molecule has 2 fully saturated rings. The molecule has 4 atom stereocenters. The first-order chi connectivity index (χ1) is 16.7. The maximum absolute atomic E-state index is 11.8. The first-order valence-corrected chi connectivity index (χ1v) is 10.5. The van der Waals surface area contributed by atoms with Crippen molar-refractivity contribution in [2.45, 2.75) is 17.8 Å². The van der Waals surface area contributed by atoms with E-state index in [1.165, 1.54) is 52.7 Å². The Morgan fingerprint density at radius 3 is 1.77 bits per heavy atom. The van der Waals surface area contributed by atoms with Gasteiger partial charge in [-0.2, -0.15) is 0 Å². The van der Waals surface area contributed by atoms with Gasteiger partial charge in [0.1, 0.15) is 11.7 Å². The molecule has 4 rings (SSSR count). The SMILES string of the molecule is COc1cc([C@H]2OC[C@@]3(O)[C@@H]2CO[C@H]3c2cc(OC)c(OC)cc2[N+](=O)[O-])c([N+](=O)[O-])cc1OC. The lowest BCUT2D eigenvalue weighted by Crippen LogP contribution is -2.39. The Hall–Kier alpha value is -3.68. The second-order valence-electron chi connectivity index (χ2n) is 8.09. The highest BCUT2D eigenvalue weighted by molar-refractivity contribution is 5.57. The predicted molar refractivity (Wildman–Crippen MR) is 118 cm³/mol. The standard InChI is InChI=1S/C22H24N2O11/c1-30-16-5-11(14(23(26)27)7-18(16)32-3)20-13-9-34-21(22(13,25)10-35-20)12-6-17(31-2)19(33-4)8-15(12)24(28)29/h5-8,13,20-21,25H,9-10H2,1-4H3/t13-,20-,21+,22-/m1/s1. The first-order valence-electron chi connectivity index (χ1n) is 10.5. The Labute approximate surface area is 199 Å². The quantitative estimate of drug-likeness (QED) is 0.426. The van der Waals surface area contributed by atoms with Crippen LogP contribution >= 0.6 is 0 Å². The van der Waals surface area contributed by atoms with Gasteiger partial charge >= 0.3 is 0 Å². The normalized spacial score (nSPS) is 25.1. The van der Waals surface area contributed by atoms with Crippen molar-refractivity contribution in [3.8, 4) is 23.0 Å². The maximum atomic E-state index is 11.8. The van der Waals surface area contributed by atoms with Crippen molar-refractivity contribution >= 4 is 11.4 Å². The van der Waals surface area contributed by atoms with Gasteiger partial charge in [-0.25, -0.2) is 0 Å². The third-order valence-electron chi connectivity index (χ3n) is 6.45. The fourth-order valence-corrected chi connectivity index (χ4v) is 4.74. The molecule has 188 valence electrons. The van der Waals surface area contributed by atoms with E-state index in [2.05, 4.69) is 0 Å².